The highest BCUT2D eigenvalue weighted by Gasteiger charge is 2.14. The maximum absolute atomic E-state index is 6.29. The average Bonchev–Trinajstić information content (AvgIpc) is 2.69. The van der Waals surface area contributed by atoms with Gasteiger partial charge in [-0.1, -0.05) is 6.07 Å². The van der Waals surface area contributed by atoms with Crippen molar-refractivity contribution in [3.8, 4) is 5.75 Å². The maximum Gasteiger partial charge on any atom is 0.133 e. The summed E-state index contributed by atoms with van der Waals surface area (Å²) in [5, 5.41) is 1.07. The van der Waals surface area contributed by atoms with Crippen molar-refractivity contribution in [3.63, 3.8) is 0 Å². The largest absolute Gasteiger partial charge is 0.496 e. The summed E-state index contributed by atoms with van der Waals surface area (Å²) in [6.07, 6.45) is 0.797. The molecule has 1 aromatic heterocycles. The molecular formula is C14H17BrN2OS. The van der Waals surface area contributed by atoms with E-state index < -0.39 is 0 Å². The summed E-state index contributed by atoms with van der Waals surface area (Å²) < 4.78 is 6.18. The molecule has 0 aliphatic rings. The van der Waals surface area contributed by atoms with Crippen molar-refractivity contribution in [2.24, 2.45) is 5.73 Å². The fourth-order valence-corrected chi connectivity index (χ4v) is 3.59. The Kier molecular flexibility index (Phi) is 4.60. The van der Waals surface area contributed by atoms with Crippen LogP contribution in [-0.4, -0.2) is 12.1 Å². The number of hydrogen-bond donors (Lipinski definition) is 1. The van der Waals surface area contributed by atoms with E-state index in [0.29, 0.717) is 0 Å². The highest BCUT2D eigenvalue weighted by Crippen LogP contribution is 2.29. The molecule has 0 fully saturated rings. The average molecular weight is 341 g/mol. The fourth-order valence-electron chi connectivity index (χ4n) is 2.07. The van der Waals surface area contributed by atoms with Crippen molar-refractivity contribution in [1.82, 2.24) is 4.98 Å². The van der Waals surface area contributed by atoms with Gasteiger partial charge < -0.3 is 10.5 Å². The molecule has 0 amide bonds. The Bertz CT molecular complexity index is 583. The first-order valence-corrected chi connectivity index (χ1v) is 7.64. The topological polar surface area (TPSA) is 48.1 Å². The number of halogens is 1. The molecule has 102 valence electrons. The van der Waals surface area contributed by atoms with E-state index in [9.17, 15) is 0 Å². The van der Waals surface area contributed by atoms with Gasteiger partial charge >= 0.3 is 0 Å². The molecule has 2 N–H and O–H groups in total. The number of ether oxygens (including phenoxy) is 1. The highest BCUT2D eigenvalue weighted by molar-refractivity contribution is 9.10. The van der Waals surface area contributed by atoms with Crippen LogP contribution in [0.4, 0.5) is 0 Å². The number of benzene rings is 1. The highest BCUT2D eigenvalue weighted by atomic mass is 79.9. The first-order valence-electron chi connectivity index (χ1n) is 6.03. The molecule has 0 radical (unpaired) electrons. The lowest BCUT2D eigenvalue weighted by molar-refractivity contribution is 0.412. The first kappa shape index (κ1) is 14.5. The van der Waals surface area contributed by atoms with Crippen molar-refractivity contribution < 1.29 is 4.74 Å². The van der Waals surface area contributed by atoms with E-state index in [-0.39, 0.29) is 6.04 Å². The summed E-state index contributed by atoms with van der Waals surface area (Å²) in [6.45, 7) is 4.03. The van der Waals surface area contributed by atoms with Crippen LogP contribution in [0.5, 0.6) is 5.75 Å². The molecule has 0 spiro atoms. The van der Waals surface area contributed by atoms with Crippen LogP contribution in [0.1, 0.15) is 27.2 Å². The first-order chi connectivity index (χ1) is 9.01. The Morgan fingerprint density at radius 1 is 1.42 bits per heavy atom. The van der Waals surface area contributed by atoms with Crippen LogP contribution in [0.15, 0.2) is 22.7 Å². The molecule has 3 nitrogen and oxygen atoms in total. The molecule has 0 aliphatic heterocycles. The van der Waals surface area contributed by atoms with Crippen LogP contribution in [0.3, 0.4) is 0 Å². The minimum atomic E-state index is -0.00788. The lowest BCUT2D eigenvalue weighted by Crippen LogP contribution is -2.13. The fraction of sp³-hybridized carbons (Fsp3) is 0.357. The van der Waals surface area contributed by atoms with Gasteiger partial charge in [0.05, 0.1) is 22.3 Å². The van der Waals surface area contributed by atoms with Crippen LogP contribution >= 0.6 is 27.3 Å². The van der Waals surface area contributed by atoms with Crippen molar-refractivity contribution in [2.75, 3.05) is 7.11 Å². The molecule has 1 atom stereocenters. The van der Waals surface area contributed by atoms with Crippen molar-refractivity contribution >= 4 is 27.3 Å². The second-order valence-corrected chi connectivity index (χ2v) is 6.55. The summed E-state index contributed by atoms with van der Waals surface area (Å²) in [7, 11) is 1.66. The molecule has 0 saturated carbocycles. The normalized spacial score (nSPS) is 12.5. The van der Waals surface area contributed by atoms with Crippen LogP contribution in [0.25, 0.3) is 0 Å². The number of hydrogen-bond acceptors (Lipinski definition) is 4. The molecule has 19 heavy (non-hydrogen) atoms. The zero-order chi connectivity index (χ0) is 14.0. The van der Waals surface area contributed by atoms with Gasteiger partial charge in [0.2, 0.25) is 0 Å². The molecular weight excluding hydrogens is 324 g/mol. The Morgan fingerprint density at radius 3 is 2.68 bits per heavy atom. The molecule has 2 rings (SSSR count). The number of aromatic nitrogens is 1. The zero-order valence-electron chi connectivity index (χ0n) is 11.2. The summed E-state index contributed by atoms with van der Waals surface area (Å²) in [6, 6.07) is 6.05. The van der Waals surface area contributed by atoms with E-state index >= 15 is 0 Å². The third-order valence-corrected chi connectivity index (χ3v) is 4.77. The van der Waals surface area contributed by atoms with Crippen molar-refractivity contribution in [2.45, 2.75) is 26.3 Å². The summed E-state index contributed by atoms with van der Waals surface area (Å²) in [5.41, 5.74) is 8.52. The van der Waals surface area contributed by atoms with Crippen LogP contribution < -0.4 is 10.5 Å². The predicted molar refractivity (Wildman–Crippen MR) is 82.9 cm³/mol. The third kappa shape index (κ3) is 3.35. The monoisotopic (exact) mass is 340 g/mol. The second kappa shape index (κ2) is 6.03. The van der Waals surface area contributed by atoms with Crippen molar-refractivity contribution in [3.05, 3.63) is 43.8 Å². The molecule has 1 aromatic carbocycles. The minimum absolute atomic E-state index is 0.00788. The van der Waals surface area contributed by atoms with Gasteiger partial charge in [0.1, 0.15) is 5.75 Å². The van der Waals surface area contributed by atoms with Gasteiger partial charge in [-0.05, 0) is 53.9 Å². The Morgan fingerprint density at radius 2 is 2.16 bits per heavy atom. The van der Waals surface area contributed by atoms with Gasteiger partial charge in [-0.25, -0.2) is 4.98 Å². The SMILES string of the molecule is COc1ccc(CC(N)c2sc(C)nc2C)cc1Br. The van der Waals surface area contributed by atoms with Crippen molar-refractivity contribution in [1.29, 1.82) is 0 Å². The quantitative estimate of drug-likeness (QED) is 0.921. The van der Waals surface area contributed by atoms with Crippen LogP contribution in [0.2, 0.25) is 0 Å². The third-order valence-electron chi connectivity index (χ3n) is 2.95. The standard InChI is InChI=1S/C14H17BrN2OS/c1-8-14(19-9(2)17-8)12(16)7-10-4-5-13(18-3)11(15)6-10/h4-6,12H,7,16H2,1-3H3. The number of methoxy groups -OCH3 is 1. The molecule has 0 saturated heterocycles. The van der Waals surface area contributed by atoms with Crippen LogP contribution in [-0.2, 0) is 6.42 Å². The number of aryl methyl sites for hydroxylation is 2. The molecule has 1 unspecified atom stereocenters. The Labute approximate surface area is 125 Å². The van der Waals surface area contributed by atoms with E-state index in [1.54, 1.807) is 18.4 Å². The zero-order valence-corrected chi connectivity index (χ0v) is 13.6. The number of thiazole rings is 1. The molecule has 5 heteroatoms. The van der Waals surface area contributed by atoms with Gasteiger partial charge in [-0.15, -0.1) is 11.3 Å². The van der Waals surface area contributed by atoms with Gasteiger partial charge in [-0.2, -0.15) is 0 Å². The number of nitrogens with two attached hydrogens (primary N) is 1. The minimum Gasteiger partial charge on any atom is -0.496 e. The van der Waals surface area contributed by atoms with E-state index in [0.717, 1.165) is 27.3 Å². The van der Waals surface area contributed by atoms with E-state index in [4.69, 9.17) is 10.5 Å². The lowest BCUT2D eigenvalue weighted by atomic mass is 10.0. The number of rotatable bonds is 4. The Balaban J connectivity index is 2.17. The summed E-state index contributed by atoms with van der Waals surface area (Å²) in [4.78, 5) is 5.60. The molecule has 0 bridgehead atoms. The van der Waals surface area contributed by atoms with Gasteiger partial charge in [-0.3, -0.25) is 0 Å². The van der Waals surface area contributed by atoms with Gasteiger partial charge in [0.25, 0.3) is 0 Å². The van der Waals surface area contributed by atoms with E-state index in [1.165, 1.54) is 10.4 Å². The molecule has 1 heterocycles. The maximum atomic E-state index is 6.29. The molecule has 2 aromatic rings. The summed E-state index contributed by atoms with van der Waals surface area (Å²) >= 11 is 5.18. The Hall–Kier alpha value is -0.910. The second-order valence-electron chi connectivity index (χ2n) is 4.46. The van der Waals surface area contributed by atoms with E-state index in [1.807, 2.05) is 26.0 Å². The lowest BCUT2D eigenvalue weighted by Gasteiger charge is -2.12. The number of nitrogens with zero attached hydrogens (tertiary/aromatic N) is 1. The molecule has 0 aliphatic carbocycles. The van der Waals surface area contributed by atoms with Gasteiger partial charge in [0, 0.05) is 10.9 Å². The van der Waals surface area contributed by atoms with Crippen LogP contribution in [0, 0.1) is 13.8 Å². The smallest absolute Gasteiger partial charge is 0.133 e. The van der Waals surface area contributed by atoms with Gasteiger partial charge in [0.15, 0.2) is 0 Å². The van der Waals surface area contributed by atoms with E-state index in [2.05, 4.69) is 27.0 Å². The summed E-state index contributed by atoms with van der Waals surface area (Å²) in [5.74, 6) is 0.835. The predicted octanol–water partition coefficient (Wildman–Crippen LogP) is 3.77.